The van der Waals surface area contributed by atoms with E-state index in [1.807, 2.05) is 0 Å². The lowest BCUT2D eigenvalue weighted by atomic mass is 10.1. The summed E-state index contributed by atoms with van der Waals surface area (Å²) < 4.78 is 0. The fourth-order valence-corrected chi connectivity index (χ4v) is 1.44. The maximum absolute atomic E-state index is 10.8. The van der Waals surface area contributed by atoms with Gasteiger partial charge in [0.25, 0.3) is 0 Å². The molecule has 0 bridgehead atoms. The van der Waals surface area contributed by atoms with Crippen LogP contribution < -0.4 is 5.73 Å². The number of carbonyl (C=O) groups excluding carboxylic acids is 1. The Morgan fingerprint density at radius 3 is 2.70 bits per heavy atom. The summed E-state index contributed by atoms with van der Waals surface area (Å²) in [6.07, 6.45) is 3.21. The van der Waals surface area contributed by atoms with E-state index in [-0.39, 0.29) is 12.3 Å². The second-order valence-corrected chi connectivity index (χ2v) is 3.11. The number of hydrogen-bond acceptors (Lipinski definition) is 2. The molecular formula is C8H15NO. The van der Waals surface area contributed by atoms with Gasteiger partial charge in [-0.3, -0.25) is 4.79 Å². The number of carbonyl (C=O) groups is 1. The highest BCUT2D eigenvalue weighted by Crippen LogP contribution is 2.43. The van der Waals surface area contributed by atoms with Crippen molar-refractivity contribution in [1.82, 2.24) is 0 Å². The fraction of sp³-hybridized carbons (Fsp3) is 0.875. The summed E-state index contributed by atoms with van der Waals surface area (Å²) in [6.45, 7) is 2.41. The van der Waals surface area contributed by atoms with Crippen LogP contribution >= 0.6 is 0 Å². The van der Waals surface area contributed by atoms with Gasteiger partial charge in [0.2, 0.25) is 0 Å². The molecule has 0 aromatic carbocycles. The third-order valence-corrected chi connectivity index (χ3v) is 2.31. The molecule has 58 valence electrons. The molecule has 0 aliphatic heterocycles. The average molecular weight is 141 g/mol. The zero-order valence-electron chi connectivity index (χ0n) is 6.47. The van der Waals surface area contributed by atoms with E-state index in [0.29, 0.717) is 5.92 Å². The van der Waals surface area contributed by atoms with Crippen molar-refractivity contribution >= 4 is 5.78 Å². The van der Waals surface area contributed by atoms with Gasteiger partial charge in [-0.1, -0.05) is 13.3 Å². The van der Waals surface area contributed by atoms with E-state index < -0.39 is 0 Å². The SMILES string of the molecule is CC[C@@H]1C[C@H]1CC(=O)CN. The van der Waals surface area contributed by atoms with E-state index in [2.05, 4.69) is 6.92 Å². The first-order valence-corrected chi connectivity index (χ1v) is 3.99. The van der Waals surface area contributed by atoms with Crippen LogP contribution in [0.3, 0.4) is 0 Å². The Morgan fingerprint density at radius 1 is 1.60 bits per heavy atom. The third-order valence-electron chi connectivity index (χ3n) is 2.31. The minimum absolute atomic E-state index is 0.223. The van der Waals surface area contributed by atoms with Gasteiger partial charge < -0.3 is 5.73 Å². The molecule has 0 unspecified atom stereocenters. The van der Waals surface area contributed by atoms with E-state index in [9.17, 15) is 4.79 Å². The first-order chi connectivity index (χ1) is 4.77. The van der Waals surface area contributed by atoms with Crippen LogP contribution in [-0.4, -0.2) is 12.3 Å². The van der Waals surface area contributed by atoms with Crippen LogP contribution in [-0.2, 0) is 4.79 Å². The van der Waals surface area contributed by atoms with Crippen LogP contribution in [0.25, 0.3) is 0 Å². The van der Waals surface area contributed by atoms with Crippen molar-refractivity contribution in [2.24, 2.45) is 17.6 Å². The van der Waals surface area contributed by atoms with E-state index in [4.69, 9.17) is 5.73 Å². The number of ketones is 1. The molecule has 0 aromatic rings. The van der Waals surface area contributed by atoms with E-state index in [1.165, 1.54) is 12.8 Å². The summed E-state index contributed by atoms with van der Waals surface area (Å²) in [5, 5.41) is 0. The molecule has 2 heteroatoms. The van der Waals surface area contributed by atoms with Gasteiger partial charge in [-0.2, -0.15) is 0 Å². The summed E-state index contributed by atoms with van der Waals surface area (Å²) in [7, 11) is 0. The van der Waals surface area contributed by atoms with Gasteiger partial charge in [0.1, 0.15) is 5.78 Å². The summed E-state index contributed by atoms with van der Waals surface area (Å²) >= 11 is 0. The maximum Gasteiger partial charge on any atom is 0.146 e. The van der Waals surface area contributed by atoms with Gasteiger partial charge in [0.05, 0.1) is 6.54 Å². The third kappa shape index (κ3) is 1.81. The van der Waals surface area contributed by atoms with Crippen molar-refractivity contribution in [3.05, 3.63) is 0 Å². The number of rotatable bonds is 4. The molecule has 10 heavy (non-hydrogen) atoms. The van der Waals surface area contributed by atoms with Gasteiger partial charge in [-0.05, 0) is 18.3 Å². The molecule has 2 nitrogen and oxygen atoms in total. The highest BCUT2D eigenvalue weighted by atomic mass is 16.1. The molecule has 0 saturated heterocycles. The molecule has 0 spiro atoms. The Hall–Kier alpha value is -0.370. The zero-order valence-corrected chi connectivity index (χ0v) is 6.47. The molecule has 1 saturated carbocycles. The molecule has 2 N–H and O–H groups in total. The van der Waals surface area contributed by atoms with Crippen molar-refractivity contribution < 1.29 is 4.79 Å². The first-order valence-electron chi connectivity index (χ1n) is 3.99. The Balaban J connectivity index is 2.11. The predicted molar refractivity (Wildman–Crippen MR) is 40.6 cm³/mol. The lowest BCUT2D eigenvalue weighted by Crippen LogP contribution is -2.13. The largest absolute Gasteiger partial charge is 0.324 e. The number of nitrogens with two attached hydrogens (primary N) is 1. The molecule has 0 heterocycles. The van der Waals surface area contributed by atoms with Crippen LogP contribution in [0.5, 0.6) is 0 Å². The first kappa shape index (κ1) is 7.73. The van der Waals surface area contributed by atoms with Crippen molar-refractivity contribution in [2.75, 3.05) is 6.54 Å². The second-order valence-electron chi connectivity index (χ2n) is 3.11. The van der Waals surface area contributed by atoms with Crippen LogP contribution in [0, 0.1) is 11.8 Å². The van der Waals surface area contributed by atoms with Crippen molar-refractivity contribution in [3.8, 4) is 0 Å². The van der Waals surface area contributed by atoms with Gasteiger partial charge in [-0.25, -0.2) is 0 Å². The molecule has 0 radical (unpaired) electrons. The standard InChI is InChI=1S/C8H15NO/c1-2-6-3-7(6)4-8(10)5-9/h6-7H,2-5,9H2,1H3/t6-,7+/m1/s1. The molecule has 0 aromatic heterocycles. The highest BCUT2D eigenvalue weighted by Gasteiger charge is 2.35. The monoisotopic (exact) mass is 141 g/mol. The minimum Gasteiger partial charge on any atom is -0.324 e. The van der Waals surface area contributed by atoms with Gasteiger partial charge >= 0.3 is 0 Å². The summed E-state index contributed by atoms with van der Waals surface area (Å²) in [6, 6.07) is 0. The Morgan fingerprint density at radius 2 is 2.30 bits per heavy atom. The van der Waals surface area contributed by atoms with Crippen molar-refractivity contribution in [3.63, 3.8) is 0 Å². The Bertz CT molecular complexity index is 133. The second kappa shape index (κ2) is 3.15. The van der Waals surface area contributed by atoms with Crippen molar-refractivity contribution in [2.45, 2.75) is 26.2 Å². The molecule has 1 fully saturated rings. The van der Waals surface area contributed by atoms with Gasteiger partial charge in [-0.15, -0.1) is 0 Å². The molecule has 0 amide bonds. The van der Waals surface area contributed by atoms with Crippen LogP contribution in [0.1, 0.15) is 26.2 Å². The Labute approximate surface area is 61.8 Å². The van der Waals surface area contributed by atoms with Gasteiger partial charge in [0, 0.05) is 6.42 Å². The highest BCUT2D eigenvalue weighted by molar-refractivity contribution is 5.80. The summed E-state index contributed by atoms with van der Waals surface area (Å²) in [4.78, 5) is 10.8. The van der Waals surface area contributed by atoms with E-state index in [0.717, 1.165) is 12.3 Å². The zero-order chi connectivity index (χ0) is 7.56. The average Bonchev–Trinajstić information content (AvgIpc) is 2.67. The molecule has 1 aliphatic rings. The summed E-state index contributed by atoms with van der Waals surface area (Å²) in [5.41, 5.74) is 5.19. The van der Waals surface area contributed by atoms with Crippen LogP contribution in [0.2, 0.25) is 0 Å². The molecule has 1 rings (SSSR count). The van der Waals surface area contributed by atoms with E-state index in [1.54, 1.807) is 0 Å². The lowest BCUT2D eigenvalue weighted by molar-refractivity contribution is -0.118. The smallest absolute Gasteiger partial charge is 0.146 e. The van der Waals surface area contributed by atoms with Crippen molar-refractivity contribution in [1.29, 1.82) is 0 Å². The van der Waals surface area contributed by atoms with Gasteiger partial charge in [0.15, 0.2) is 0 Å². The summed E-state index contributed by atoms with van der Waals surface area (Å²) in [5.74, 6) is 1.73. The molecular weight excluding hydrogens is 126 g/mol. The minimum atomic E-state index is 0.223. The fourth-order valence-electron chi connectivity index (χ4n) is 1.44. The van der Waals surface area contributed by atoms with Crippen LogP contribution in [0.4, 0.5) is 0 Å². The topological polar surface area (TPSA) is 43.1 Å². The molecule has 1 aliphatic carbocycles. The van der Waals surface area contributed by atoms with Crippen LogP contribution in [0.15, 0.2) is 0 Å². The quantitative estimate of drug-likeness (QED) is 0.633. The maximum atomic E-state index is 10.8. The Kier molecular flexibility index (Phi) is 2.44. The van der Waals surface area contributed by atoms with E-state index >= 15 is 0 Å². The number of Topliss-reactive ketones (excluding diaryl/α,β-unsaturated/α-hetero) is 1. The lowest BCUT2D eigenvalue weighted by Gasteiger charge is -1.93. The predicted octanol–water partition coefficient (Wildman–Crippen LogP) is 0.950. The normalized spacial score (nSPS) is 30.2. The number of hydrogen-bond donors (Lipinski definition) is 1. The molecule has 2 atom stereocenters.